The summed E-state index contributed by atoms with van der Waals surface area (Å²) in [4.78, 5) is 13.6. The summed E-state index contributed by atoms with van der Waals surface area (Å²) < 4.78 is 8.05. The van der Waals surface area contributed by atoms with Crippen molar-refractivity contribution in [3.8, 4) is 22.9 Å². The van der Waals surface area contributed by atoms with E-state index < -0.39 is 0 Å². The number of ether oxygens (including phenoxy) is 1. The lowest BCUT2D eigenvalue weighted by Gasteiger charge is -2.05. The maximum atomic E-state index is 13.0. The van der Waals surface area contributed by atoms with Crippen molar-refractivity contribution in [2.45, 2.75) is 0 Å². The second-order valence-corrected chi connectivity index (χ2v) is 7.42. The lowest BCUT2D eigenvalue weighted by molar-refractivity contribution is 0.482. The Morgan fingerprint density at radius 2 is 1.55 bits per heavy atom. The molecule has 0 spiro atoms. The number of benzene rings is 3. The normalized spacial score (nSPS) is 11.8. The number of hydrogen-bond acceptors (Lipinski definition) is 5. The smallest absolute Gasteiger partial charge is 0.276 e. The molecule has 2 heterocycles. The molecule has 0 unspecified atom stereocenters. The quantitative estimate of drug-likeness (QED) is 0.457. The molecular formula is C23H15N3O2S. The van der Waals surface area contributed by atoms with Gasteiger partial charge in [-0.1, -0.05) is 72.0 Å². The number of fused-ring (bicyclic) bond motifs is 1. The fourth-order valence-corrected chi connectivity index (χ4v) is 3.99. The zero-order valence-corrected chi connectivity index (χ0v) is 16.0. The van der Waals surface area contributed by atoms with Crippen LogP contribution in [0.4, 0.5) is 0 Å². The maximum Gasteiger partial charge on any atom is 0.276 e. The first-order valence-electron chi connectivity index (χ1n) is 9.06. The number of hydrogen-bond donors (Lipinski definition) is 0. The molecule has 0 N–H and O–H groups in total. The summed E-state index contributed by atoms with van der Waals surface area (Å²) in [7, 11) is 0. The number of para-hydroxylation sites is 1. The topological polar surface area (TPSA) is 56.5 Å². The van der Waals surface area contributed by atoms with Crippen LogP contribution in [0.25, 0.3) is 22.4 Å². The minimum absolute atomic E-state index is 0.122. The summed E-state index contributed by atoms with van der Waals surface area (Å²) in [6.07, 6.45) is 1.86. The number of nitrogens with zero attached hydrogens (tertiary/aromatic N) is 3. The van der Waals surface area contributed by atoms with Crippen LogP contribution in [0.2, 0.25) is 0 Å². The van der Waals surface area contributed by atoms with Crippen LogP contribution >= 0.6 is 11.3 Å². The van der Waals surface area contributed by atoms with Gasteiger partial charge in [-0.2, -0.15) is 0 Å². The molecular weight excluding hydrogens is 382 g/mol. The molecule has 0 amide bonds. The third-order valence-corrected chi connectivity index (χ3v) is 5.37. The minimum Gasteiger partial charge on any atom is -0.457 e. The molecule has 3 aromatic carbocycles. The second kappa shape index (κ2) is 7.33. The molecule has 0 saturated heterocycles. The third-order valence-electron chi connectivity index (χ3n) is 4.42. The van der Waals surface area contributed by atoms with E-state index in [2.05, 4.69) is 10.2 Å². The molecule has 0 bridgehead atoms. The van der Waals surface area contributed by atoms with Gasteiger partial charge in [0.15, 0.2) is 5.82 Å². The average Bonchev–Trinajstić information content (AvgIpc) is 3.30. The first kappa shape index (κ1) is 17.3. The summed E-state index contributed by atoms with van der Waals surface area (Å²) in [5, 5.41) is 8.36. The molecule has 0 fully saturated rings. The highest BCUT2D eigenvalue weighted by molar-refractivity contribution is 7.15. The van der Waals surface area contributed by atoms with E-state index in [0.29, 0.717) is 21.1 Å². The van der Waals surface area contributed by atoms with Gasteiger partial charge in [-0.05, 0) is 35.9 Å². The molecule has 5 nitrogen and oxygen atoms in total. The SMILES string of the molecule is O=c1/c(=C/c2cccc(Oc3ccccc3)c2)sc2nnc(-c3ccccc3)n12. The van der Waals surface area contributed by atoms with Crippen molar-refractivity contribution >= 4 is 22.4 Å². The van der Waals surface area contributed by atoms with Crippen LogP contribution in [0.5, 0.6) is 11.5 Å². The van der Waals surface area contributed by atoms with E-state index in [1.165, 1.54) is 11.3 Å². The van der Waals surface area contributed by atoms with E-state index in [1.54, 1.807) is 4.40 Å². The minimum atomic E-state index is -0.122. The van der Waals surface area contributed by atoms with Crippen LogP contribution in [-0.2, 0) is 0 Å². The lowest BCUT2D eigenvalue weighted by Crippen LogP contribution is -2.23. The van der Waals surface area contributed by atoms with Crippen molar-refractivity contribution in [1.29, 1.82) is 0 Å². The van der Waals surface area contributed by atoms with E-state index in [1.807, 2.05) is 91.0 Å². The molecule has 29 heavy (non-hydrogen) atoms. The van der Waals surface area contributed by atoms with Crippen molar-refractivity contribution < 1.29 is 4.74 Å². The highest BCUT2D eigenvalue weighted by Gasteiger charge is 2.13. The fraction of sp³-hybridized carbons (Fsp3) is 0. The van der Waals surface area contributed by atoms with Crippen molar-refractivity contribution in [3.63, 3.8) is 0 Å². The first-order chi connectivity index (χ1) is 14.3. The van der Waals surface area contributed by atoms with Crippen LogP contribution in [-0.4, -0.2) is 14.6 Å². The summed E-state index contributed by atoms with van der Waals surface area (Å²) in [5.74, 6) is 2.04. The Morgan fingerprint density at radius 1 is 0.828 bits per heavy atom. The summed E-state index contributed by atoms with van der Waals surface area (Å²) >= 11 is 1.32. The summed E-state index contributed by atoms with van der Waals surface area (Å²) in [6, 6.07) is 26.8. The molecule has 0 aliphatic rings. The van der Waals surface area contributed by atoms with Gasteiger partial charge < -0.3 is 4.74 Å². The van der Waals surface area contributed by atoms with E-state index in [0.717, 1.165) is 16.9 Å². The molecule has 140 valence electrons. The predicted molar refractivity (Wildman–Crippen MR) is 114 cm³/mol. The number of thiazole rings is 1. The van der Waals surface area contributed by atoms with Crippen LogP contribution in [0.15, 0.2) is 89.7 Å². The van der Waals surface area contributed by atoms with E-state index in [4.69, 9.17) is 4.74 Å². The summed E-state index contributed by atoms with van der Waals surface area (Å²) in [6.45, 7) is 0. The van der Waals surface area contributed by atoms with Gasteiger partial charge in [0.25, 0.3) is 5.56 Å². The highest BCUT2D eigenvalue weighted by Crippen LogP contribution is 2.22. The van der Waals surface area contributed by atoms with Crippen molar-refractivity contribution in [1.82, 2.24) is 14.6 Å². The van der Waals surface area contributed by atoms with Gasteiger partial charge in [-0.15, -0.1) is 10.2 Å². The van der Waals surface area contributed by atoms with Crippen molar-refractivity contribution in [2.75, 3.05) is 0 Å². The highest BCUT2D eigenvalue weighted by atomic mass is 32.1. The van der Waals surface area contributed by atoms with Crippen molar-refractivity contribution in [2.24, 2.45) is 0 Å². The van der Waals surface area contributed by atoms with Crippen LogP contribution in [0.3, 0.4) is 0 Å². The van der Waals surface area contributed by atoms with Gasteiger partial charge in [0.2, 0.25) is 4.96 Å². The zero-order chi connectivity index (χ0) is 19.6. The maximum absolute atomic E-state index is 13.0. The molecule has 5 aromatic rings. The summed E-state index contributed by atoms with van der Waals surface area (Å²) in [5.41, 5.74) is 1.62. The Hall–Kier alpha value is -3.77. The van der Waals surface area contributed by atoms with Gasteiger partial charge >= 0.3 is 0 Å². The van der Waals surface area contributed by atoms with E-state index >= 15 is 0 Å². The van der Waals surface area contributed by atoms with Gasteiger partial charge in [0.1, 0.15) is 11.5 Å². The van der Waals surface area contributed by atoms with E-state index in [9.17, 15) is 4.79 Å². The Kier molecular flexibility index (Phi) is 4.38. The fourth-order valence-electron chi connectivity index (χ4n) is 3.08. The van der Waals surface area contributed by atoms with Crippen LogP contribution < -0.4 is 14.8 Å². The van der Waals surface area contributed by atoms with E-state index in [-0.39, 0.29) is 5.56 Å². The molecule has 0 aliphatic carbocycles. The Labute approximate surface area is 170 Å². The lowest BCUT2D eigenvalue weighted by atomic mass is 10.2. The standard InChI is InChI=1S/C23H15N3O2S/c27-22-20(29-23-25-24-21(26(22)23)17-9-3-1-4-10-17)15-16-8-7-13-19(14-16)28-18-11-5-2-6-12-18/h1-15H/b20-15-. The Bertz CT molecular complexity index is 1390. The predicted octanol–water partition coefficient (Wildman–Crippen LogP) is 4.16. The molecule has 6 heteroatoms. The number of aromatic nitrogens is 3. The Balaban J connectivity index is 1.55. The number of rotatable bonds is 4. The van der Waals surface area contributed by atoms with Crippen LogP contribution in [0.1, 0.15) is 5.56 Å². The monoisotopic (exact) mass is 397 g/mol. The molecule has 0 radical (unpaired) electrons. The first-order valence-corrected chi connectivity index (χ1v) is 9.88. The van der Waals surface area contributed by atoms with Crippen LogP contribution in [0, 0.1) is 0 Å². The molecule has 0 atom stereocenters. The third kappa shape index (κ3) is 3.41. The van der Waals surface area contributed by atoms with Gasteiger partial charge in [-0.25, -0.2) is 4.40 Å². The molecule has 2 aromatic heterocycles. The zero-order valence-electron chi connectivity index (χ0n) is 15.2. The largest absolute Gasteiger partial charge is 0.457 e. The average molecular weight is 397 g/mol. The van der Waals surface area contributed by atoms with Gasteiger partial charge in [-0.3, -0.25) is 4.79 Å². The molecule has 5 rings (SSSR count). The van der Waals surface area contributed by atoms with Crippen molar-refractivity contribution in [3.05, 3.63) is 105 Å². The molecule has 0 aliphatic heterocycles. The van der Waals surface area contributed by atoms with Gasteiger partial charge in [0.05, 0.1) is 4.53 Å². The molecule has 0 saturated carbocycles. The van der Waals surface area contributed by atoms with Gasteiger partial charge in [0, 0.05) is 5.56 Å². The second-order valence-electron chi connectivity index (χ2n) is 6.41. The Morgan fingerprint density at radius 3 is 2.34 bits per heavy atom.